The Morgan fingerprint density at radius 1 is 0.693 bits per heavy atom. The van der Waals surface area contributed by atoms with E-state index in [-0.39, 0.29) is 115 Å². The van der Waals surface area contributed by atoms with E-state index in [0.717, 1.165) is 9.37 Å². The zero-order chi connectivity index (χ0) is 75.1. The summed E-state index contributed by atoms with van der Waals surface area (Å²) in [6.45, 7) is 7.49. The first-order chi connectivity index (χ1) is 47.8. The summed E-state index contributed by atoms with van der Waals surface area (Å²) in [5.41, 5.74) is 33.4. The molecule has 1 aromatic carbocycles. The van der Waals surface area contributed by atoms with Crippen LogP contribution >= 0.6 is 15.9 Å². The van der Waals surface area contributed by atoms with Gasteiger partial charge in [0.05, 0.1) is 25.5 Å². The number of aliphatic carboxylic acids is 1. The van der Waals surface area contributed by atoms with Gasteiger partial charge in [0.1, 0.15) is 59.9 Å². The summed E-state index contributed by atoms with van der Waals surface area (Å²) in [7, 11) is 1.34. The Bertz CT molecular complexity index is 3170. The van der Waals surface area contributed by atoms with E-state index in [1.54, 1.807) is 38.1 Å². The Morgan fingerprint density at radius 3 is 1.82 bits per heavy atom. The van der Waals surface area contributed by atoms with Crippen molar-refractivity contribution in [2.75, 3.05) is 52.9 Å². The summed E-state index contributed by atoms with van der Waals surface area (Å²) in [4.78, 5) is 186. The van der Waals surface area contributed by atoms with Crippen LogP contribution in [0.1, 0.15) is 142 Å². The molecule has 2 aliphatic heterocycles. The second kappa shape index (κ2) is 42.3. The van der Waals surface area contributed by atoms with Crippen molar-refractivity contribution in [1.82, 2.24) is 67.2 Å². The van der Waals surface area contributed by atoms with Crippen LogP contribution in [0, 0.1) is 5.92 Å². The number of aliphatic imine (C=N–C) groups is 2. The molecule has 2 aliphatic rings. The van der Waals surface area contributed by atoms with Crippen molar-refractivity contribution >= 4 is 98.8 Å². The van der Waals surface area contributed by atoms with E-state index in [9.17, 15) is 67.7 Å². The number of aliphatic hydroxyl groups excluding tert-OH is 1. The fraction of sp³-hybridized carbons (Fsp3) is 0.646. The molecular formula is C65H106BrN21O14. The van der Waals surface area contributed by atoms with Gasteiger partial charge in [-0.15, -0.1) is 0 Å². The van der Waals surface area contributed by atoms with E-state index in [2.05, 4.69) is 78.4 Å². The van der Waals surface area contributed by atoms with Crippen LogP contribution in [0.5, 0.6) is 0 Å². The van der Waals surface area contributed by atoms with E-state index in [1.165, 1.54) is 43.2 Å². The number of aliphatic hydroxyl groups is 1. The van der Waals surface area contributed by atoms with Crippen LogP contribution in [-0.2, 0) is 70.4 Å². The number of guanidine groups is 2. The summed E-state index contributed by atoms with van der Waals surface area (Å²) in [6.07, 6.45) is 6.57. The number of aromatic amines is 1. The Labute approximate surface area is 596 Å². The van der Waals surface area contributed by atoms with Gasteiger partial charge in [-0.1, -0.05) is 61.7 Å². The zero-order valence-electron chi connectivity index (χ0n) is 58.6. The molecule has 23 N–H and O–H groups in total. The normalized spacial score (nSPS) is 16.7. The molecule has 2 saturated heterocycles. The third kappa shape index (κ3) is 27.8. The zero-order valence-corrected chi connectivity index (χ0v) is 60.2. The van der Waals surface area contributed by atoms with E-state index in [1.807, 2.05) is 6.92 Å². The maximum Gasteiger partial charge on any atom is 0.326 e. The van der Waals surface area contributed by atoms with Crippen LogP contribution in [0.15, 0.2) is 51.2 Å². The summed E-state index contributed by atoms with van der Waals surface area (Å²) in [6, 6.07) is -5.82. The maximum atomic E-state index is 14.6. The van der Waals surface area contributed by atoms with Crippen molar-refractivity contribution in [3.63, 3.8) is 0 Å². The first-order valence-electron chi connectivity index (χ1n) is 34.2. The molecule has 0 bridgehead atoms. The number of nitrogens with two attached hydrogens (primary N) is 6. The number of halogens is 1. The summed E-state index contributed by atoms with van der Waals surface area (Å²) in [5, 5.41) is 41.7. The Hall–Kier alpha value is -9.03. The molecule has 36 heteroatoms. The number of rotatable bonds is 43. The number of likely N-dealkylation sites (N-methyl/N-ethyl adjacent to an activating group) is 1. The van der Waals surface area contributed by atoms with Crippen molar-refractivity contribution in [3.05, 3.63) is 52.5 Å². The van der Waals surface area contributed by atoms with Crippen LogP contribution < -0.4 is 76.9 Å². The van der Waals surface area contributed by atoms with Gasteiger partial charge in [0.2, 0.25) is 65.0 Å². The lowest BCUT2D eigenvalue weighted by Gasteiger charge is -2.34. The number of likely N-dealkylation sites (tertiary alicyclic amines) is 2. The first kappa shape index (κ1) is 84.4. The molecule has 2 aromatic rings. The Kier molecular flexibility index (Phi) is 35.3. The second-order valence-corrected chi connectivity index (χ2v) is 27.2. The second-order valence-electron chi connectivity index (χ2n) is 26.3. The van der Waals surface area contributed by atoms with Gasteiger partial charge in [-0.3, -0.25) is 62.7 Å². The van der Waals surface area contributed by atoms with Crippen LogP contribution in [-0.4, -0.2) is 237 Å². The van der Waals surface area contributed by atoms with E-state index in [0.29, 0.717) is 56.2 Å². The van der Waals surface area contributed by atoms with Crippen LogP contribution in [0.25, 0.3) is 0 Å². The van der Waals surface area contributed by atoms with Gasteiger partial charge < -0.3 is 107 Å². The van der Waals surface area contributed by atoms with Gasteiger partial charge in [0.15, 0.2) is 11.9 Å². The summed E-state index contributed by atoms with van der Waals surface area (Å²) < 4.78 is 0.781. The van der Waals surface area contributed by atoms with Gasteiger partial charge >= 0.3 is 5.97 Å². The van der Waals surface area contributed by atoms with E-state index < -0.39 is 150 Å². The Morgan fingerprint density at radius 2 is 1.25 bits per heavy atom. The fourth-order valence-corrected chi connectivity index (χ4v) is 11.8. The molecule has 3 heterocycles. The minimum atomic E-state index is -1.73. The largest absolute Gasteiger partial charge is 0.480 e. The van der Waals surface area contributed by atoms with Gasteiger partial charge in [0.25, 0.3) is 0 Å². The number of unbranched alkanes of at least 4 members (excludes halogenated alkanes) is 2. The molecule has 10 atom stereocenters. The number of carboxylic acid groups (broad SMARTS) is 1. The summed E-state index contributed by atoms with van der Waals surface area (Å²) >= 11 is 3.34. The van der Waals surface area contributed by atoms with Crippen LogP contribution in [0.2, 0.25) is 0 Å². The molecule has 4 rings (SSSR count). The number of carbonyl (C=O) groups excluding carboxylic acids is 11. The molecular weight excluding hydrogens is 1380 g/mol. The van der Waals surface area contributed by atoms with Crippen molar-refractivity contribution in [3.8, 4) is 0 Å². The number of carboxylic acids is 1. The molecule has 0 unspecified atom stereocenters. The smallest absolute Gasteiger partial charge is 0.326 e. The lowest BCUT2D eigenvalue weighted by atomic mass is 9.99. The SMILES string of the molecule is CCCC[C@H](NC(=O)[C@@H]1CCCN1C(=O)CNC(=O)[C@H](CCCCN)NC(=O)[C@H](Cc1cnc[nH]1)NC(=O)[C@H](CO)NC(=O)[C@H](CC(C)C)N(C)C(=O)[C@H](CCCN=C(N)N)NC(=O)[C@@H]1CCCN1C(=O)[C@@H](N)CCCN=C(N)N)C(=O)NC(C)(C)C(=O)N[C@@H](Cc1ccc(Br)cc1)C(=O)O. The van der Waals surface area contributed by atoms with E-state index in [4.69, 9.17) is 34.4 Å². The van der Waals surface area contributed by atoms with Gasteiger partial charge in [0, 0.05) is 62.4 Å². The molecule has 101 heavy (non-hydrogen) atoms. The number of hydrogen-bond donors (Lipinski definition) is 17. The first-order valence-corrected chi connectivity index (χ1v) is 35.0. The van der Waals surface area contributed by atoms with Crippen LogP contribution in [0.3, 0.4) is 0 Å². The van der Waals surface area contributed by atoms with Crippen molar-refractivity contribution in [2.24, 2.45) is 50.3 Å². The molecule has 35 nitrogen and oxygen atoms in total. The number of H-pyrrole nitrogens is 1. The molecule has 11 amide bonds. The van der Waals surface area contributed by atoms with Gasteiger partial charge in [-0.2, -0.15) is 0 Å². The minimum Gasteiger partial charge on any atom is -0.480 e. The number of amides is 11. The number of aromatic nitrogens is 2. The fourth-order valence-electron chi connectivity index (χ4n) is 11.6. The number of imidazole rings is 1. The molecule has 1 aromatic heterocycles. The average Bonchev–Trinajstić information content (AvgIpc) is 1.80. The number of hydrogen-bond acceptors (Lipinski definition) is 18. The van der Waals surface area contributed by atoms with E-state index >= 15 is 0 Å². The third-order valence-corrected chi connectivity index (χ3v) is 17.8. The molecule has 0 saturated carbocycles. The predicted molar refractivity (Wildman–Crippen MR) is 377 cm³/mol. The van der Waals surface area contributed by atoms with Crippen molar-refractivity contribution < 1.29 is 67.7 Å². The minimum absolute atomic E-state index is 0.00487. The predicted octanol–water partition coefficient (Wildman–Crippen LogP) is -3.44. The molecule has 0 aliphatic carbocycles. The number of carbonyl (C=O) groups is 12. The quantitative estimate of drug-likeness (QED) is 0.0174. The van der Waals surface area contributed by atoms with Gasteiger partial charge in [-0.05, 0) is 127 Å². The van der Waals surface area contributed by atoms with Crippen LogP contribution in [0.4, 0.5) is 0 Å². The average molecular weight is 1490 g/mol. The maximum absolute atomic E-state index is 14.6. The number of nitrogens with one attached hydrogen (secondary N) is 9. The highest BCUT2D eigenvalue weighted by molar-refractivity contribution is 9.10. The molecule has 0 spiro atoms. The van der Waals surface area contributed by atoms with Crippen molar-refractivity contribution in [2.45, 2.75) is 210 Å². The standard InChI is InChI=1S/C65H106BrN21O14/c1-7-8-16-43(55(93)84-65(4,5)62(101)83-46(61(99)100)31-38-21-23-39(66)24-22-38)79-56(94)48-19-13-28-86(48)51(89)34-76-52(90)42(17-9-10-25-67)78-53(91)45(32-40-33-73-36-77-40)81-54(92)47(35-88)82-58(96)50(30-37(2)3)85(6)60(98)44(18-12-27-75-64(71)72)80-57(95)49-20-14-29-87(49)59(97)41(68)15-11-26-74-63(69)70/h21-24,33,36-37,41-50,88H,7-20,25-32,34-35,67-68H2,1-6H3,(H,73,77)(H,76,90)(H,78,91)(H,79,94)(H,80,95)(H,81,92)(H,82,96)(H,83,101)(H,84,93)(H,99,100)(H4,69,70,74)(H4,71,72,75)/t41-,42-,43-,44-,45-,46-,47-,48-,49-,50-/m0/s1. The lowest BCUT2D eigenvalue weighted by molar-refractivity contribution is -0.145. The Balaban J connectivity index is 1.47. The van der Waals surface area contributed by atoms with Gasteiger partial charge in [-0.25, -0.2) is 9.78 Å². The molecule has 0 radical (unpaired) electrons. The highest BCUT2D eigenvalue weighted by Crippen LogP contribution is 2.23. The summed E-state index contributed by atoms with van der Waals surface area (Å²) in [5.74, 6) is -10.2. The topological polar surface area (TPSA) is 561 Å². The number of nitrogens with zero attached hydrogens (tertiary/aromatic N) is 6. The highest BCUT2D eigenvalue weighted by Gasteiger charge is 2.42. The van der Waals surface area contributed by atoms with Crippen molar-refractivity contribution in [1.29, 1.82) is 0 Å². The third-order valence-electron chi connectivity index (χ3n) is 17.2. The number of benzene rings is 1. The molecule has 2 fully saturated rings. The monoisotopic (exact) mass is 1480 g/mol. The lowest BCUT2D eigenvalue weighted by Crippen LogP contribution is -2.62. The highest BCUT2D eigenvalue weighted by atomic mass is 79.9. The molecule has 562 valence electrons.